The Morgan fingerprint density at radius 1 is 1.06 bits per heavy atom. The van der Waals surface area contributed by atoms with Gasteiger partial charge < -0.3 is 18.0 Å². The second kappa shape index (κ2) is 9.32. The van der Waals surface area contributed by atoms with E-state index in [1.165, 1.54) is 0 Å². The molecule has 0 aliphatic rings. The number of halogens is 2. The highest BCUT2D eigenvalue weighted by atomic mass is 127. The van der Waals surface area contributed by atoms with E-state index in [0.717, 1.165) is 18.5 Å². The molecule has 0 unspecified atom stereocenters. The predicted octanol–water partition coefficient (Wildman–Crippen LogP) is 7.42. The van der Waals surface area contributed by atoms with Crippen LogP contribution in [-0.2, 0) is 0 Å². The van der Waals surface area contributed by atoms with Gasteiger partial charge in [-0.25, -0.2) is 4.99 Å². The Balaban J connectivity index is 1.77. The first-order valence-electron chi connectivity index (χ1n) is 9.32. The fourth-order valence-electron chi connectivity index (χ4n) is 2.99. The van der Waals surface area contributed by atoms with Crippen LogP contribution in [0.3, 0.4) is 0 Å². The van der Waals surface area contributed by atoms with Gasteiger partial charge in [0.15, 0.2) is 11.5 Å². The lowest BCUT2D eigenvalue weighted by Gasteiger charge is -2.13. The minimum Gasteiger partial charge on any atom is -0.489 e. The third kappa shape index (κ3) is 4.57. The molecule has 0 atom stereocenters. The zero-order valence-electron chi connectivity index (χ0n) is 16.6. The molecular weight excluding hydrogens is 622 g/mol. The Morgan fingerprint density at radius 2 is 1.71 bits per heavy atom. The van der Waals surface area contributed by atoms with Crippen molar-refractivity contribution in [1.29, 1.82) is 5.26 Å². The Labute approximate surface area is 206 Å². The van der Waals surface area contributed by atoms with E-state index in [2.05, 4.69) is 56.2 Å². The largest absolute Gasteiger partial charge is 0.489 e. The van der Waals surface area contributed by atoms with Crippen LogP contribution in [0.4, 0.5) is 5.88 Å². The molecule has 0 N–H and O–H groups in total. The normalized spacial score (nSPS) is 11.4. The molecule has 0 bridgehead atoms. The van der Waals surface area contributed by atoms with Crippen LogP contribution in [0.5, 0.6) is 5.75 Å². The fourth-order valence-corrected chi connectivity index (χ4v) is 5.06. The van der Waals surface area contributed by atoms with E-state index >= 15 is 0 Å². The molecule has 0 aliphatic heterocycles. The lowest BCUT2D eigenvalue weighted by molar-refractivity contribution is 0.239. The van der Waals surface area contributed by atoms with Crippen molar-refractivity contribution in [2.45, 2.75) is 20.0 Å². The molecule has 0 fully saturated rings. The van der Waals surface area contributed by atoms with Crippen molar-refractivity contribution in [3.8, 4) is 34.7 Å². The number of rotatable bonds is 6. The Kier molecular flexibility index (Phi) is 6.52. The van der Waals surface area contributed by atoms with Gasteiger partial charge in [0.25, 0.3) is 0 Å². The standard InChI is InChI=1S/C23H16I2N2O4/c1-13(2)30-21-16(24)9-14(10-17(21)25)12-27-23-15(11-26)20(18-5-3-7-28-18)22(31-23)19-6-4-8-29-19/h3-10,12-13H,1-2H3. The molecule has 8 heteroatoms. The molecule has 0 saturated heterocycles. The van der Waals surface area contributed by atoms with Crippen LogP contribution in [0, 0.1) is 18.5 Å². The van der Waals surface area contributed by atoms with E-state index in [0.29, 0.717) is 22.8 Å². The van der Waals surface area contributed by atoms with Crippen molar-refractivity contribution >= 4 is 57.3 Å². The summed E-state index contributed by atoms with van der Waals surface area (Å²) in [6, 6.07) is 13.2. The van der Waals surface area contributed by atoms with E-state index in [-0.39, 0.29) is 17.6 Å². The molecule has 0 saturated carbocycles. The van der Waals surface area contributed by atoms with Crippen molar-refractivity contribution in [2.75, 3.05) is 0 Å². The third-order valence-corrected chi connectivity index (χ3v) is 5.82. The van der Waals surface area contributed by atoms with E-state index in [1.54, 1.807) is 43.0 Å². The second-order valence-electron chi connectivity index (χ2n) is 6.79. The average Bonchev–Trinajstić information content (AvgIpc) is 3.48. The number of furan rings is 3. The van der Waals surface area contributed by atoms with Crippen LogP contribution in [0.15, 0.2) is 67.2 Å². The van der Waals surface area contributed by atoms with Crippen molar-refractivity contribution in [1.82, 2.24) is 0 Å². The molecule has 4 aromatic rings. The van der Waals surface area contributed by atoms with Crippen LogP contribution in [0.25, 0.3) is 22.8 Å². The van der Waals surface area contributed by atoms with Crippen molar-refractivity contribution in [2.24, 2.45) is 4.99 Å². The van der Waals surface area contributed by atoms with Gasteiger partial charge in [-0.05, 0) is 101 Å². The summed E-state index contributed by atoms with van der Waals surface area (Å²) < 4.78 is 24.8. The molecule has 4 rings (SSSR count). The number of nitriles is 1. The molecule has 3 aromatic heterocycles. The zero-order chi connectivity index (χ0) is 22.0. The van der Waals surface area contributed by atoms with E-state index in [1.807, 2.05) is 26.0 Å². The highest BCUT2D eigenvalue weighted by Crippen LogP contribution is 2.42. The Bertz CT molecular complexity index is 1240. The first kappa shape index (κ1) is 21.7. The van der Waals surface area contributed by atoms with Gasteiger partial charge in [-0.2, -0.15) is 5.26 Å². The first-order valence-corrected chi connectivity index (χ1v) is 11.5. The topological polar surface area (TPSA) is 84.8 Å². The van der Waals surface area contributed by atoms with Crippen LogP contribution in [-0.4, -0.2) is 12.3 Å². The summed E-state index contributed by atoms with van der Waals surface area (Å²) in [5, 5.41) is 9.84. The number of aliphatic imine (C=N–C) groups is 1. The SMILES string of the molecule is CC(C)Oc1c(I)cc(C=Nc2oc(-c3ccco3)c(-c3ccco3)c2C#N)cc1I. The summed E-state index contributed by atoms with van der Waals surface area (Å²) in [4.78, 5) is 4.48. The Hall–Kier alpha value is -2.52. The summed E-state index contributed by atoms with van der Waals surface area (Å²) in [6.45, 7) is 3.99. The van der Waals surface area contributed by atoms with Crippen LogP contribution in [0.2, 0.25) is 0 Å². The van der Waals surface area contributed by atoms with Crippen LogP contribution in [0.1, 0.15) is 25.0 Å². The maximum Gasteiger partial charge on any atom is 0.238 e. The number of hydrogen-bond acceptors (Lipinski definition) is 6. The lowest BCUT2D eigenvalue weighted by Crippen LogP contribution is -2.08. The van der Waals surface area contributed by atoms with Gasteiger partial charge in [0.05, 0.1) is 31.3 Å². The third-order valence-electron chi connectivity index (χ3n) is 4.22. The van der Waals surface area contributed by atoms with Gasteiger partial charge in [0.1, 0.15) is 23.1 Å². The molecule has 0 radical (unpaired) electrons. The minimum atomic E-state index is 0.0860. The van der Waals surface area contributed by atoms with Crippen LogP contribution < -0.4 is 4.74 Å². The molecule has 156 valence electrons. The molecule has 0 spiro atoms. The van der Waals surface area contributed by atoms with Gasteiger partial charge in [-0.15, -0.1) is 0 Å². The van der Waals surface area contributed by atoms with Gasteiger partial charge in [0.2, 0.25) is 5.88 Å². The smallest absolute Gasteiger partial charge is 0.238 e. The van der Waals surface area contributed by atoms with Crippen molar-refractivity contribution in [3.05, 3.63) is 67.2 Å². The summed E-state index contributed by atoms with van der Waals surface area (Å²) in [5.41, 5.74) is 1.66. The van der Waals surface area contributed by atoms with Gasteiger partial charge >= 0.3 is 0 Å². The molecule has 1 aromatic carbocycles. The van der Waals surface area contributed by atoms with Gasteiger partial charge in [0, 0.05) is 6.21 Å². The average molecular weight is 638 g/mol. The summed E-state index contributed by atoms with van der Waals surface area (Å²) in [5.74, 6) is 2.43. The fraction of sp³-hybridized carbons (Fsp3) is 0.130. The molecular formula is C23H16I2N2O4. The van der Waals surface area contributed by atoms with Crippen molar-refractivity contribution < 1.29 is 18.0 Å². The van der Waals surface area contributed by atoms with E-state index in [9.17, 15) is 5.26 Å². The predicted molar refractivity (Wildman–Crippen MR) is 134 cm³/mol. The Morgan fingerprint density at radius 3 is 2.26 bits per heavy atom. The van der Waals surface area contributed by atoms with Gasteiger partial charge in [-0.1, -0.05) is 0 Å². The number of hydrogen-bond donors (Lipinski definition) is 0. The maximum atomic E-state index is 9.84. The summed E-state index contributed by atoms with van der Waals surface area (Å²) in [6.07, 6.45) is 4.84. The quantitative estimate of drug-likeness (QED) is 0.162. The summed E-state index contributed by atoms with van der Waals surface area (Å²) >= 11 is 4.49. The first-order chi connectivity index (χ1) is 15.0. The number of benzene rings is 1. The maximum absolute atomic E-state index is 9.84. The monoisotopic (exact) mass is 638 g/mol. The molecule has 0 amide bonds. The lowest BCUT2D eigenvalue weighted by atomic mass is 10.1. The van der Waals surface area contributed by atoms with Crippen molar-refractivity contribution in [3.63, 3.8) is 0 Å². The minimum absolute atomic E-state index is 0.0860. The highest BCUT2D eigenvalue weighted by Gasteiger charge is 2.26. The van der Waals surface area contributed by atoms with Gasteiger partial charge in [-0.3, -0.25) is 0 Å². The molecule has 31 heavy (non-hydrogen) atoms. The number of nitrogens with zero attached hydrogens (tertiary/aromatic N) is 2. The van der Waals surface area contributed by atoms with Crippen LogP contribution >= 0.6 is 45.2 Å². The molecule has 3 heterocycles. The zero-order valence-corrected chi connectivity index (χ0v) is 20.9. The molecule has 6 nitrogen and oxygen atoms in total. The van der Waals surface area contributed by atoms with E-state index < -0.39 is 0 Å². The van der Waals surface area contributed by atoms with E-state index in [4.69, 9.17) is 18.0 Å². The molecule has 0 aliphatic carbocycles. The summed E-state index contributed by atoms with van der Waals surface area (Å²) in [7, 11) is 0. The highest BCUT2D eigenvalue weighted by molar-refractivity contribution is 14.1. The number of ether oxygens (including phenoxy) is 1. The second-order valence-corrected chi connectivity index (χ2v) is 9.12.